The Hall–Kier alpha value is -3.49. The highest BCUT2D eigenvalue weighted by Gasteiger charge is 2.28. The highest BCUT2D eigenvalue weighted by molar-refractivity contribution is 5.92. The average molecular weight is 411 g/mol. The highest BCUT2D eigenvalue weighted by Crippen LogP contribution is 2.39. The third-order valence-electron chi connectivity index (χ3n) is 4.91. The van der Waals surface area contributed by atoms with Crippen LogP contribution in [-0.2, 0) is 13.0 Å². The monoisotopic (exact) mass is 411 g/mol. The van der Waals surface area contributed by atoms with Crippen LogP contribution in [0, 0.1) is 12.7 Å². The molecule has 2 aromatic heterocycles. The maximum absolute atomic E-state index is 14.2. The summed E-state index contributed by atoms with van der Waals surface area (Å²) in [5.41, 5.74) is 3.03. The molecular formula is C21H22FN5O3. The van der Waals surface area contributed by atoms with Crippen LogP contribution >= 0.6 is 0 Å². The summed E-state index contributed by atoms with van der Waals surface area (Å²) >= 11 is 0. The minimum Gasteiger partial charge on any atom is -0.487 e. The summed E-state index contributed by atoms with van der Waals surface area (Å²) in [4.78, 5) is 12.6. The highest BCUT2D eigenvalue weighted by atomic mass is 19.1. The predicted molar refractivity (Wildman–Crippen MR) is 107 cm³/mol. The number of aryl methyl sites for hydroxylation is 2. The number of nitrogens with zero attached hydrogens (tertiary/aromatic N) is 4. The van der Waals surface area contributed by atoms with Crippen LogP contribution in [-0.4, -0.2) is 45.6 Å². The van der Waals surface area contributed by atoms with Gasteiger partial charge in [-0.3, -0.25) is 9.48 Å². The van der Waals surface area contributed by atoms with Crippen molar-refractivity contribution < 1.29 is 18.7 Å². The van der Waals surface area contributed by atoms with E-state index in [1.807, 2.05) is 13.8 Å². The van der Waals surface area contributed by atoms with E-state index in [4.69, 9.17) is 9.47 Å². The molecule has 0 spiro atoms. The number of hydrogen-bond acceptors (Lipinski definition) is 6. The summed E-state index contributed by atoms with van der Waals surface area (Å²) in [6.07, 6.45) is 0.172. The topological polar surface area (TPSA) is 91.2 Å². The van der Waals surface area contributed by atoms with E-state index >= 15 is 0 Å². The van der Waals surface area contributed by atoms with Crippen LogP contribution in [0.25, 0.3) is 11.3 Å². The molecule has 0 saturated heterocycles. The predicted octanol–water partition coefficient (Wildman–Crippen LogP) is 2.55. The minimum atomic E-state index is -0.378. The third kappa shape index (κ3) is 3.83. The number of rotatable bonds is 6. The van der Waals surface area contributed by atoms with Gasteiger partial charge in [-0.1, -0.05) is 0 Å². The van der Waals surface area contributed by atoms with E-state index < -0.39 is 0 Å². The molecule has 156 valence electrons. The summed E-state index contributed by atoms with van der Waals surface area (Å²) in [6, 6.07) is 7.93. The number of benzene rings is 1. The van der Waals surface area contributed by atoms with Crippen molar-refractivity contribution in [3.05, 3.63) is 53.1 Å². The van der Waals surface area contributed by atoms with Gasteiger partial charge in [0.15, 0.2) is 0 Å². The SMILES string of the molecule is CCn1nc(C)cc1C(=O)NCC1Cc2cc(F)cc(-c3ccc(OC)nn3)c2O1. The van der Waals surface area contributed by atoms with Gasteiger partial charge in [0, 0.05) is 30.2 Å². The lowest BCUT2D eigenvalue weighted by molar-refractivity contribution is 0.0923. The molecule has 0 aliphatic carbocycles. The number of amides is 1. The van der Waals surface area contributed by atoms with Gasteiger partial charge in [-0.25, -0.2) is 4.39 Å². The Kier molecular flexibility index (Phi) is 5.35. The zero-order chi connectivity index (χ0) is 21.3. The van der Waals surface area contributed by atoms with Crippen LogP contribution in [0.15, 0.2) is 30.3 Å². The van der Waals surface area contributed by atoms with Crippen LogP contribution in [0.3, 0.4) is 0 Å². The second-order valence-electron chi connectivity index (χ2n) is 7.04. The fourth-order valence-corrected chi connectivity index (χ4v) is 3.54. The average Bonchev–Trinajstić information content (AvgIpc) is 3.34. The lowest BCUT2D eigenvalue weighted by Gasteiger charge is -2.13. The second-order valence-corrected chi connectivity index (χ2v) is 7.04. The van der Waals surface area contributed by atoms with Crippen molar-refractivity contribution in [3.63, 3.8) is 0 Å². The summed E-state index contributed by atoms with van der Waals surface area (Å²) in [6.45, 7) is 4.67. The maximum Gasteiger partial charge on any atom is 0.269 e. The molecule has 1 aliphatic rings. The molecule has 1 amide bonds. The largest absolute Gasteiger partial charge is 0.487 e. The van der Waals surface area contributed by atoms with Crippen LogP contribution in [0.1, 0.15) is 28.7 Å². The molecule has 1 aromatic carbocycles. The van der Waals surface area contributed by atoms with E-state index in [-0.39, 0.29) is 24.4 Å². The van der Waals surface area contributed by atoms with Gasteiger partial charge < -0.3 is 14.8 Å². The number of methoxy groups -OCH3 is 1. The number of carbonyl (C=O) groups is 1. The van der Waals surface area contributed by atoms with E-state index in [0.29, 0.717) is 41.5 Å². The Morgan fingerprint density at radius 2 is 2.17 bits per heavy atom. The molecule has 0 radical (unpaired) electrons. The number of fused-ring (bicyclic) bond motifs is 1. The van der Waals surface area contributed by atoms with Gasteiger partial charge in [0.05, 0.1) is 25.0 Å². The quantitative estimate of drug-likeness (QED) is 0.670. The molecule has 9 heteroatoms. The van der Waals surface area contributed by atoms with Crippen LogP contribution < -0.4 is 14.8 Å². The van der Waals surface area contributed by atoms with Gasteiger partial charge in [0.2, 0.25) is 5.88 Å². The van der Waals surface area contributed by atoms with Gasteiger partial charge in [0.1, 0.15) is 23.4 Å². The van der Waals surface area contributed by atoms with Crippen molar-refractivity contribution in [3.8, 4) is 22.9 Å². The van der Waals surface area contributed by atoms with Gasteiger partial charge in [-0.2, -0.15) is 5.10 Å². The van der Waals surface area contributed by atoms with E-state index in [9.17, 15) is 9.18 Å². The van der Waals surface area contributed by atoms with Crippen molar-refractivity contribution in [2.45, 2.75) is 32.9 Å². The first-order valence-corrected chi connectivity index (χ1v) is 9.68. The fraction of sp³-hybridized carbons (Fsp3) is 0.333. The second kappa shape index (κ2) is 8.10. The lowest BCUT2D eigenvalue weighted by atomic mass is 10.0. The molecule has 0 bridgehead atoms. The Morgan fingerprint density at radius 3 is 2.87 bits per heavy atom. The zero-order valence-corrected chi connectivity index (χ0v) is 17.0. The molecule has 3 aromatic rings. The minimum absolute atomic E-state index is 0.218. The molecule has 8 nitrogen and oxygen atoms in total. The Balaban J connectivity index is 1.49. The molecule has 1 N–H and O–H groups in total. The van der Waals surface area contributed by atoms with Gasteiger partial charge in [-0.05, 0) is 38.1 Å². The van der Waals surface area contributed by atoms with E-state index in [0.717, 1.165) is 11.3 Å². The molecule has 30 heavy (non-hydrogen) atoms. The van der Waals surface area contributed by atoms with E-state index in [1.54, 1.807) is 22.9 Å². The smallest absolute Gasteiger partial charge is 0.269 e. The Labute approximate surface area is 173 Å². The van der Waals surface area contributed by atoms with E-state index in [1.165, 1.54) is 19.2 Å². The number of aromatic nitrogens is 4. The number of carbonyl (C=O) groups excluding carboxylic acids is 1. The first kappa shape index (κ1) is 19.8. The van der Waals surface area contributed by atoms with Crippen LogP contribution in [0.2, 0.25) is 0 Å². The number of halogens is 1. The van der Waals surface area contributed by atoms with E-state index in [2.05, 4.69) is 20.6 Å². The third-order valence-corrected chi connectivity index (χ3v) is 4.91. The number of hydrogen-bond donors (Lipinski definition) is 1. The zero-order valence-electron chi connectivity index (χ0n) is 17.0. The van der Waals surface area contributed by atoms with Crippen molar-refractivity contribution in [1.29, 1.82) is 0 Å². The maximum atomic E-state index is 14.2. The molecule has 1 atom stereocenters. The molecule has 3 heterocycles. The van der Waals surface area contributed by atoms with Crippen LogP contribution in [0.4, 0.5) is 4.39 Å². The Morgan fingerprint density at radius 1 is 1.33 bits per heavy atom. The summed E-state index contributed by atoms with van der Waals surface area (Å²) in [7, 11) is 1.50. The number of nitrogens with one attached hydrogen (secondary N) is 1. The van der Waals surface area contributed by atoms with Crippen molar-refractivity contribution >= 4 is 5.91 Å². The van der Waals surface area contributed by atoms with Crippen molar-refractivity contribution in [2.24, 2.45) is 0 Å². The van der Waals surface area contributed by atoms with Gasteiger partial charge in [-0.15, -0.1) is 10.2 Å². The van der Waals surface area contributed by atoms with Gasteiger partial charge in [0.25, 0.3) is 5.91 Å². The number of ether oxygens (including phenoxy) is 2. The fourth-order valence-electron chi connectivity index (χ4n) is 3.54. The standard InChI is InChI=1S/C21H22FN5O3/c1-4-27-18(7-12(2)26-27)21(28)23-11-15-9-13-8-14(22)10-16(20(13)30-15)17-5-6-19(29-3)25-24-17/h5-8,10,15H,4,9,11H2,1-3H3,(H,23,28). The molecule has 1 unspecified atom stereocenters. The van der Waals surface area contributed by atoms with Crippen molar-refractivity contribution in [2.75, 3.05) is 13.7 Å². The Bertz CT molecular complexity index is 1080. The molecule has 0 saturated carbocycles. The summed E-state index contributed by atoms with van der Waals surface area (Å²) in [5.74, 6) is 0.334. The van der Waals surface area contributed by atoms with Crippen molar-refractivity contribution in [1.82, 2.24) is 25.3 Å². The molecule has 4 rings (SSSR count). The molecular weight excluding hydrogens is 389 g/mol. The summed E-state index contributed by atoms with van der Waals surface area (Å²) in [5, 5.41) is 15.2. The normalized spacial score (nSPS) is 14.9. The first-order valence-electron chi connectivity index (χ1n) is 9.68. The molecule has 0 fully saturated rings. The summed E-state index contributed by atoms with van der Waals surface area (Å²) < 4.78 is 26.9. The van der Waals surface area contributed by atoms with Crippen LogP contribution in [0.5, 0.6) is 11.6 Å². The first-order chi connectivity index (χ1) is 14.5. The molecule has 1 aliphatic heterocycles. The van der Waals surface area contributed by atoms with Gasteiger partial charge >= 0.3 is 0 Å². The lowest BCUT2D eigenvalue weighted by Crippen LogP contribution is -2.35.